The first-order valence-electron chi connectivity index (χ1n) is 3.94. The molecule has 2 atom stereocenters. The molecule has 12 heavy (non-hydrogen) atoms. The Bertz CT molecular complexity index is 285. The van der Waals surface area contributed by atoms with E-state index in [-0.39, 0.29) is 17.7 Å². The minimum Gasteiger partial charge on any atom is -0.316 e. The molecule has 1 aliphatic carbocycles. The number of fused-ring (bicyclic) bond motifs is 1. The third kappa shape index (κ3) is 0.754. The van der Waals surface area contributed by atoms with Crippen LogP contribution in [0.5, 0.6) is 0 Å². The fraction of sp³-hybridized carbons (Fsp3) is 0.500. The van der Waals surface area contributed by atoms with E-state index in [0.29, 0.717) is 12.8 Å². The van der Waals surface area contributed by atoms with Gasteiger partial charge >= 0.3 is 0 Å². The Hall–Kier alpha value is -1.16. The number of imide groups is 1. The maximum Gasteiger partial charge on any atom is 0.247 e. The molecule has 0 bridgehead atoms. The number of nitrogens with two attached hydrogens (primary N) is 1. The summed E-state index contributed by atoms with van der Waals surface area (Å²) in [7, 11) is 0. The van der Waals surface area contributed by atoms with Crippen molar-refractivity contribution in [2.75, 3.05) is 0 Å². The average molecular weight is 166 g/mol. The third-order valence-electron chi connectivity index (χ3n) is 2.59. The summed E-state index contributed by atoms with van der Waals surface area (Å²) in [5, 5.41) is 2.26. The van der Waals surface area contributed by atoms with Crippen LogP contribution in [-0.2, 0) is 9.59 Å². The maximum absolute atomic E-state index is 11.2. The molecule has 1 heterocycles. The summed E-state index contributed by atoms with van der Waals surface area (Å²) in [5.74, 6) is -0.913. The number of allylic oxidation sites excluding steroid dienone is 1. The van der Waals surface area contributed by atoms with Crippen molar-refractivity contribution in [3.8, 4) is 0 Å². The standard InChI is InChI=1S/C8H10N2O2/c9-8-4-2-1-3-5(8)6(11)10-7(8)12/h1-2,5H,3-4,9H2,(H,10,11,12)/t5-,8+/m1/s1. The van der Waals surface area contributed by atoms with Crippen molar-refractivity contribution < 1.29 is 9.59 Å². The van der Waals surface area contributed by atoms with Gasteiger partial charge in [-0.15, -0.1) is 0 Å². The Labute approximate surface area is 69.8 Å². The smallest absolute Gasteiger partial charge is 0.247 e. The van der Waals surface area contributed by atoms with Crippen LogP contribution in [-0.4, -0.2) is 17.4 Å². The highest BCUT2D eigenvalue weighted by atomic mass is 16.2. The van der Waals surface area contributed by atoms with Gasteiger partial charge in [0.1, 0.15) is 5.54 Å². The lowest BCUT2D eigenvalue weighted by Gasteiger charge is -2.27. The highest BCUT2D eigenvalue weighted by Crippen LogP contribution is 2.31. The Kier molecular flexibility index (Phi) is 1.35. The molecule has 0 saturated carbocycles. The molecule has 0 aromatic carbocycles. The van der Waals surface area contributed by atoms with Gasteiger partial charge in [-0.2, -0.15) is 0 Å². The normalized spacial score (nSPS) is 39.6. The molecular formula is C8H10N2O2. The van der Waals surface area contributed by atoms with Gasteiger partial charge in [0.05, 0.1) is 5.92 Å². The summed E-state index contributed by atoms with van der Waals surface area (Å²) in [6.45, 7) is 0. The van der Waals surface area contributed by atoms with Crippen molar-refractivity contribution in [3.63, 3.8) is 0 Å². The minimum atomic E-state index is -0.966. The number of hydrogen-bond acceptors (Lipinski definition) is 3. The maximum atomic E-state index is 11.2. The largest absolute Gasteiger partial charge is 0.316 e. The SMILES string of the molecule is N[C@@]12CC=CC[C@@H]1C(=O)NC2=O. The highest BCUT2D eigenvalue weighted by Gasteiger charge is 2.52. The van der Waals surface area contributed by atoms with Crippen LogP contribution in [0.3, 0.4) is 0 Å². The monoisotopic (exact) mass is 166 g/mol. The zero-order valence-corrected chi connectivity index (χ0v) is 6.54. The van der Waals surface area contributed by atoms with Crippen LogP contribution in [0.15, 0.2) is 12.2 Å². The van der Waals surface area contributed by atoms with Crippen molar-refractivity contribution in [1.82, 2.24) is 5.32 Å². The Morgan fingerprint density at radius 2 is 2.25 bits per heavy atom. The van der Waals surface area contributed by atoms with Gasteiger partial charge in [-0.05, 0) is 12.8 Å². The minimum absolute atomic E-state index is 0.230. The van der Waals surface area contributed by atoms with Crippen molar-refractivity contribution in [1.29, 1.82) is 0 Å². The zero-order chi connectivity index (χ0) is 8.77. The van der Waals surface area contributed by atoms with Gasteiger partial charge in [0, 0.05) is 0 Å². The molecule has 0 spiro atoms. The summed E-state index contributed by atoms with van der Waals surface area (Å²) < 4.78 is 0. The quantitative estimate of drug-likeness (QED) is 0.369. The second kappa shape index (κ2) is 2.17. The van der Waals surface area contributed by atoms with E-state index < -0.39 is 5.54 Å². The van der Waals surface area contributed by atoms with Crippen LogP contribution in [0.2, 0.25) is 0 Å². The fourth-order valence-electron chi connectivity index (χ4n) is 1.77. The second-order valence-corrected chi connectivity index (χ2v) is 3.32. The first kappa shape index (κ1) is 7.49. The predicted octanol–water partition coefficient (Wildman–Crippen LogP) is -0.694. The Morgan fingerprint density at radius 3 is 2.92 bits per heavy atom. The summed E-state index contributed by atoms with van der Waals surface area (Å²) in [5.41, 5.74) is 4.85. The van der Waals surface area contributed by atoms with Gasteiger partial charge in [0.15, 0.2) is 0 Å². The lowest BCUT2D eigenvalue weighted by Crippen LogP contribution is -2.51. The Morgan fingerprint density at radius 1 is 1.50 bits per heavy atom. The summed E-state index contributed by atoms with van der Waals surface area (Å²) in [6, 6.07) is 0. The molecule has 0 unspecified atom stereocenters. The first-order chi connectivity index (χ1) is 5.64. The summed E-state index contributed by atoms with van der Waals surface area (Å²) in [6.07, 6.45) is 4.80. The van der Waals surface area contributed by atoms with Crippen LogP contribution in [0.1, 0.15) is 12.8 Å². The summed E-state index contributed by atoms with van der Waals surface area (Å²) in [4.78, 5) is 22.4. The summed E-state index contributed by atoms with van der Waals surface area (Å²) >= 11 is 0. The van der Waals surface area contributed by atoms with E-state index >= 15 is 0 Å². The predicted molar refractivity (Wildman–Crippen MR) is 41.9 cm³/mol. The van der Waals surface area contributed by atoms with Gasteiger partial charge in [0.25, 0.3) is 0 Å². The number of rotatable bonds is 0. The number of amides is 2. The molecule has 64 valence electrons. The van der Waals surface area contributed by atoms with Crippen molar-refractivity contribution >= 4 is 11.8 Å². The average Bonchev–Trinajstić information content (AvgIpc) is 2.25. The van der Waals surface area contributed by atoms with Crippen LogP contribution >= 0.6 is 0 Å². The van der Waals surface area contributed by atoms with Crippen LogP contribution in [0, 0.1) is 5.92 Å². The lowest BCUT2D eigenvalue weighted by atomic mass is 9.78. The van der Waals surface area contributed by atoms with E-state index in [1.807, 2.05) is 12.2 Å². The number of hydrogen-bond donors (Lipinski definition) is 2. The van der Waals surface area contributed by atoms with Crippen molar-refractivity contribution in [3.05, 3.63) is 12.2 Å². The molecule has 0 aromatic heterocycles. The van der Waals surface area contributed by atoms with Crippen LogP contribution in [0.4, 0.5) is 0 Å². The van der Waals surface area contributed by atoms with E-state index in [2.05, 4.69) is 5.32 Å². The number of nitrogens with one attached hydrogen (secondary N) is 1. The number of carbonyl (C=O) groups is 2. The molecule has 4 nitrogen and oxygen atoms in total. The fourth-order valence-corrected chi connectivity index (χ4v) is 1.77. The van der Waals surface area contributed by atoms with Gasteiger partial charge in [-0.25, -0.2) is 0 Å². The van der Waals surface area contributed by atoms with E-state index in [9.17, 15) is 9.59 Å². The highest BCUT2D eigenvalue weighted by molar-refractivity contribution is 6.10. The molecule has 1 aliphatic heterocycles. The molecule has 4 heteroatoms. The number of carbonyl (C=O) groups excluding carboxylic acids is 2. The molecule has 2 aliphatic rings. The van der Waals surface area contributed by atoms with Crippen LogP contribution in [0.25, 0.3) is 0 Å². The second-order valence-electron chi connectivity index (χ2n) is 3.32. The molecular weight excluding hydrogens is 156 g/mol. The molecule has 1 fully saturated rings. The van der Waals surface area contributed by atoms with E-state index in [0.717, 1.165) is 0 Å². The van der Waals surface area contributed by atoms with Gasteiger partial charge in [0.2, 0.25) is 11.8 Å². The first-order valence-corrected chi connectivity index (χ1v) is 3.94. The van der Waals surface area contributed by atoms with Crippen molar-refractivity contribution in [2.24, 2.45) is 11.7 Å². The zero-order valence-electron chi connectivity index (χ0n) is 6.54. The van der Waals surface area contributed by atoms with Crippen LogP contribution < -0.4 is 11.1 Å². The van der Waals surface area contributed by atoms with E-state index in [1.54, 1.807) is 0 Å². The lowest BCUT2D eigenvalue weighted by molar-refractivity contribution is -0.126. The van der Waals surface area contributed by atoms with Gasteiger partial charge in [-0.3, -0.25) is 14.9 Å². The van der Waals surface area contributed by atoms with Gasteiger partial charge in [-0.1, -0.05) is 12.2 Å². The van der Waals surface area contributed by atoms with E-state index in [1.165, 1.54) is 0 Å². The molecule has 1 saturated heterocycles. The molecule has 2 amide bonds. The topological polar surface area (TPSA) is 72.2 Å². The Balaban J connectivity index is 2.41. The van der Waals surface area contributed by atoms with E-state index in [4.69, 9.17) is 5.73 Å². The molecule has 3 N–H and O–H groups in total. The van der Waals surface area contributed by atoms with Crippen molar-refractivity contribution in [2.45, 2.75) is 18.4 Å². The van der Waals surface area contributed by atoms with Gasteiger partial charge < -0.3 is 5.73 Å². The molecule has 0 radical (unpaired) electrons. The third-order valence-corrected chi connectivity index (χ3v) is 2.59. The molecule has 0 aromatic rings. The molecule has 2 rings (SSSR count).